The van der Waals surface area contributed by atoms with Crippen molar-refractivity contribution in [2.24, 2.45) is 0 Å². The van der Waals surface area contributed by atoms with Gasteiger partial charge in [-0.05, 0) is 44.6 Å². The Morgan fingerprint density at radius 2 is 1.46 bits per heavy atom. The predicted octanol–water partition coefficient (Wildman–Crippen LogP) is 3.77. The summed E-state index contributed by atoms with van der Waals surface area (Å²) in [4.78, 5) is 14.9. The lowest BCUT2D eigenvalue weighted by molar-refractivity contribution is 0.152. The van der Waals surface area contributed by atoms with Crippen LogP contribution in [-0.4, -0.2) is 64.1 Å². The number of hydrogen-bond acceptors (Lipinski definition) is 4. The molecule has 28 heavy (non-hydrogen) atoms. The van der Waals surface area contributed by atoms with Crippen molar-refractivity contribution in [1.29, 1.82) is 0 Å². The van der Waals surface area contributed by atoms with E-state index in [0.717, 1.165) is 35.2 Å². The highest BCUT2D eigenvalue weighted by molar-refractivity contribution is 6.06. The van der Waals surface area contributed by atoms with Gasteiger partial charge in [0.15, 0.2) is 5.65 Å². The van der Waals surface area contributed by atoms with Crippen molar-refractivity contribution in [3.8, 4) is 0 Å². The van der Waals surface area contributed by atoms with Crippen LogP contribution in [0.25, 0.3) is 33.1 Å². The number of unbranched alkanes of at least 4 members (excludes halogenated alkanes) is 1. The Bertz CT molecular complexity index is 1110. The Balaban J connectivity index is 1.40. The maximum atomic E-state index is 4.98. The average Bonchev–Trinajstić information content (AvgIpc) is 3.04. The number of piperazine rings is 1. The lowest BCUT2D eigenvalue weighted by Gasteiger charge is -2.32. The summed E-state index contributed by atoms with van der Waals surface area (Å²) in [7, 11) is 2.21. The lowest BCUT2D eigenvalue weighted by atomic mass is 10.2. The molecule has 1 aliphatic rings. The first kappa shape index (κ1) is 17.6. The summed E-state index contributed by atoms with van der Waals surface area (Å²) < 4.78 is 2.37. The molecular formula is C23H27N5. The molecule has 5 nitrogen and oxygen atoms in total. The lowest BCUT2D eigenvalue weighted by Crippen LogP contribution is -2.44. The second-order valence-corrected chi connectivity index (χ2v) is 7.91. The van der Waals surface area contributed by atoms with Gasteiger partial charge in [-0.15, -0.1) is 0 Å². The quantitative estimate of drug-likeness (QED) is 0.499. The van der Waals surface area contributed by atoms with Crippen LogP contribution in [0, 0.1) is 0 Å². The summed E-state index contributed by atoms with van der Waals surface area (Å²) in [5.74, 6) is 0. The van der Waals surface area contributed by atoms with Gasteiger partial charge in [-0.25, -0.2) is 9.97 Å². The monoisotopic (exact) mass is 373 g/mol. The Hall–Kier alpha value is -2.50. The van der Waals surface area contributed by atoms with Gasteiger partial charge in [0.1, 0.15) is 5.52 Å². The Labute approximate surface area is 165 Å². The van der Waals surface area contributed by atoms with Crippen LogP contribution in [0.4, 0.5) is 0 Å². The van der Waals surface area contributed by atoms with Crippen molar-refractivity contribution in [3.05, 3.63) is 48.5 Å². The summed E-state index contributed by atoms with van der Waals surface area (Å²) in [6.45, 7) is 6.96. The SMILES string of the molecule is CN1CCN(CCCCn2c3ccccc3c3nc4ccccc4nc32)CC1. The minimum Gasteiger partial charge on any atom is -0.324 e. The van der Waals surface area contributed by atoms with Gasteiger partial charge in [-0.3, -0.25) is 0 Å². The van der Waals surface area contributed by atoms with Crippen LogP contribution in [0.2, 0.25) is 0 Å². The molecule has 0 atom stereocenters. The van der Waals surface area contributed by atoms with Crippen molar-refractivity contribution >= 4 is 33.1 Å². The zero-order chi connectivity index (χ0) is 18.9. The fourth-order valence-corrected chi connectivity index (χ4v) is 4.29. The first-order chi connectivity index (χ1) is 13.8. The molecule has 2 aromatic carbocycles. The highest BCUT2D eigenvalue weighted by Crippen LogP contribution is 2.28. The van der Waals surface area contributed by atoms with Gasteiger partial charge in [-0.2, -0.15) is 0 Å². The van der Waals surface area contributed by atoms with Crippen molar-refractivity contribution in [3.63, 3.8) is 0 Å². The molecule has 5 heteroatoms. The van der Waals surface area contributed by atoms with E-state index < -0.39 is 0 Å². The van der Waals surface area contributed by atoms with Gasteiger partial charge in [0.2, 0.25) is 0 Å². The number of nitrogens with zero attached hydrogens (tertiary/aromatic N) is 5. The molecule has 0 bridgehead atoms. The fraction of sp³-hybridized carbons (Fsp3) is 0.391. The van der Waals surface area contributed by atoms with E-state index in [-0.39, 0.29) is 0 Å². The minimum absolute atomic E-state index is 0.966. The Morgan fingerprint density at radius 3 is 2.29 bits per heavy atom. The first-order valence-electron chi connectivity index (χ1n) is 10.3. The third kappa shape index (κ3) is 3.25. The molecule has 0 N–H and O–H groups in total. The van der Waals surface area contributed by atoms with Crippen LogP contribution in [0.5, 0.6) is 0 Å². The molecular weight excluding hydrogens is 346 g/mol. The van der Waals surface area contributed by atoms with Crippen LogP contribution in [0.3, 0.4) is 0 Å². The Morgan fingerprint density at radius 1 is 0.786 bits per heavy atom. The van der Waals surface area contributed by atoms with E-state index in [1.165, 1.54) is 50.0 Å². The van der Waals surface area contributed by atoms with Crippen LogP contribution < -0.4 is 0 Å². The highest BCUT2D eigenvalue weighted by Gasteiger charge is 2.15. The number of likely N-dealkylation sites (N-methyl/N-ethyl adjacent to an activating group) is 1. The zero-order valence-corrected chi connectivity index (χ0v) is 16.5. The smallest absolute Gasteiger partial charge is 0.160 e. The highest BCUT2D eigenvalue weighted by atomic mass is 15.2. The van der Waals surface area contributed by atoms with Gasteiger partial charge >= 0.3 is 0 Å². The fourth-order valence-electron chi connectivity index (χ4n) is 4.29. The molecule has 1 fully saturated rings. The molecule has 1 aliphatic heterocycles. The van der Waals surface area contributed by atoms with E-state index >= 15 is 0 Å². The van der Waals surface area contributed by atoms with Crippen molar-refractivity contribution < 1.29 is 0 Å². The van der Waals surface area contributed by atoms with E-state index in [4.69, 9.17) is 9.97 Å². The summed E-state index contributed by atoms with van der Waals surface area (Å²) >= 11 is 0. The molecule has 0 unspecified atom stereocenters. The van der Waals surface area contributed by atoms with Crippen LogP contribution in [0.15, 0.2) is 48.5 Å². The molecule has 0 spiro atoms. The van der Waals surface area contributed by atoms with Crippen LogP contribution in [-0.2, 0) is 6.54 Å². The van der Waals surface area contributed by atoms with E-state index in [9.17, 15) is 0 Å². The van der Waals surface area contributed by atoms with Gasteiger partial charge in [0.25, 0.3) is 0 Å². The second-order valence-electron chi connectivity index (χ2n) is 7.91. The number of rotatable bonds is 5. The van der Waals surface area contributed by atoms with Gasteiger partial charge in [0.05, 0.1) is 16.6 Å². The molecule has 0 aliphatic carbocycles. The number of benzene rings is 2. The van der Waals surface area contributed by atoms with Crippen molar-refractivity contribution in [1.82, 2.24) is 24.3 Å². The maximum absolute atomic E-state index is 4.98. The second kappa shape index (κ2) is 7.49. The van der Waals surface area contributed by atoms with Crippen molar-refractivity contribution in [2.75, 3.05) is 39.8 Å². The minimum atomic E-state index is 0.966. The molecule has 5 rings (SSSR count). The standard InChI is InChI=1S/C23H27N5/c1-26-14-16-27(17-15-26)12-6-7-13-28-21-11-5-2-8-18(21)22-23(28)25-20-10-4-3-9-19(20)24-22/h2-5,8-11H,6-7,12-17H2,1H3. The van der Waals surface area contributed by atoms with Crippen LogP contribution in [0.1, 0.15) is 12.8 Å². The third-order valence-corrected chi connectivity index (χ3v) is 5.96. The number of fused-ring (bicyclic) bond motifs is 4. The molecule has 0 amide bonds. The van der Waals surface area contributed by atoms with E-state index in [2.05, 4.69) is 51.7 Å². The van der Waals surface area contributed by atoms with Gasteiger partial charge in [0, 0.05) is 38.1 Å². The molecule has 0 radical (unpaired) electrons. The number of para-hydroxylation sites is 3. The molecule has 1 saturated heterocycles. The summed E-state index contributed by atoms with van der Waals surface area (Å²) in [5, 5.41) is 1.20. The largest absolute Gasteiger partial charge is 0.324 e. The normalized spacial score (nSPS) is 16.5. The van der Waals surface area contributed by atoms with Gasteiger partial charge in [-0.1, -0.05) is 30.3 Å². The van der Waals surface area contributed by atoms with E-state index in [1.54, 1.807) is 0 Å². The third-order valence-electron chi connectivity index (χ3n) is 5.96. The average molecular weight is 374 g/mol. The number of aryl methyl sites for hydroxylation is 1. The first-order valence-corrected chi connectivity index (χ1v) is 10.3. The van der Waals surface area contributed by atoms with E-state index in [1.807, 2.05) is 18.2 Å². The molecule has 0 saturated carbocycles. The summed E-state index contributed by atoms with van der Waals surface area (Å²) in [6, 6.07) is 16.7. The molecule has 144 valence electrons. The van der Waals surface area contributed by atoms with Gasteiger partial charge < -0.3 is 14.4 Å². The maximum Gasteiger partial charge on any atom is 0.160 e. The zero-order valence-electron chi connectivity index (χ0n) is 16.5. The van der Waals surface area contributed by atoms with E-state index in [0.29, 0.717) is 0 Å². The topological polar surface area (TPSA) is 37.2 Å². The molecule has 3 heterocycles. The number of hydrogen-bond donors (Lipinski definition) is 0. The summed E-state index contributed by atoms with van der Waals surface area (Å²) in [6.07, 6.45) is 2.38. The predicted molar refractivity (Wildman–Crippen MR) is 116 cm³/mol. The molecule has 2 aromatic heterocycles. The number of aromatic nitrogens is 3. The molecule has 4 aromatic rings. The summed E-state index contributed by atoms with van der Waals surface area (Å²) in [5.41, 5.74) is 5.21. The Kier molecular flexibility index (Phi) is 4.71. The van der Waals surface area contributed by atoms with Crippen LogP contribution >= 0.6 is 0 Å². The van der Waals surface area contributed by atoms with Crippen molar-refractivity contribution in [2.45, 2.75) is 19.4 Å².